The quantitative estimate of drug-likeness (QED) is 0.453. The van der Waals surface area contributed by atoms with Gasteiger partial charge in [0.15, 0.2) is 5.17 Å². The van der Waals surface area contributed by atoms with Gasteiger partial charge < -0.3 is 4.90 Å². The van der Waals surface area contributed by atoms with Crippen molar-refractivity contribution in [1.29, 1.82) is 5.41 Å². The van der Waals surface area contributed by atoms with Crippen LogP contribution in [0.4, 0.5) is 4.39 Å². The van der Waals surface area contributed by atoms with Crippen molar-refractivity contribution in [3.63, 3.8) is 0 Å². The van der Waals surface area contributed by atoms with Crippen LogP contribution in [0.3, 0.4) is 0 Å². The summed E-state index contributed by atoms with van der Waals surface area (Å²) in [6.07, 6.45) is 0. The van der Waals surface area contributed by atoms with Crippen LogP contribution < -0.4 is 0 Å². The predicted octanol–water partition coefficient (Wildman–Crippen LogP) is 1.53. The number of nitrogens with zero attached hydrogens (tertiary/aromatic N) is 1. The SMILES string of the molecule is CC(F)SC(=N)N(C)C. The van der Waals surface area contributed by atoms with Crippen LogP contribution in [0.25, 0.3) is 0 Å². The lowest BCUT2D eigenvalue weighted by atomic mass is 10.9. The lowest BCUT2D eigenvalue weighted by molar-refractivity contribution is 0.484. The van der Waals surface area contributed by atoms with Crippen LogP contribution in [0.1, 0.15) is 6.92 Å². The molecule has 0 aromatic carbocycles. The van der Waals surface area contributed by atoms with E-state index in [0.29, 0.717) is 0 Å². The van der Waals surface area contributed by atoms with E-state index in [2.05, 4.69) is 0 Å². The van der Waals surface area contributed by atoms with E-state index in [1.807, 2.05) is 0 Å². The Morgan fingerprint density at radius 3 is 2.22 bits per heavy atom. The van der Waals surface area contributed by atoms with Crippen LogP contribution >= 0.6 is 11.8 Å². The Kier molecular flexibility index (Phi) is 3.61. The van der Waals surface area contributed by atoms with Gasteiger partial charge in [-0.3, -0.25) is 5.41 Å². The number of nitrogens with one attached hydrogen (secondary N) is 1. The number of alkyl halides is 1. The number of hydrogen-bond donors (Lipinski definition) is 1. The fourth-order valence-corrected chi connectivity index (χ4v) is 0.778. The molecule has 0 spiro atoms. The topological polar surface area (TPSA) is 27.1 Å². The number of hydrogen-bond acceptors (Lipinski definition) is 2. The van der Waals surface area contributed by atoms with Crippen molar-refractivity contribution >= 4 is 16.9 Å². The second kappa shape index (κ2) is 3.71. The molecule has 0 rings (SSSR count). The summed E-state index contributed by atoms with van der Waals surface area (Å²) < 4.78 is 12.1. The third-order valence-electron chi connectivity index (χ3n) is 0.680. The molecule has 4 heteroatoms. The van der Waals surface area contributed by atoms with Crippen molar-refractivity contribution < 1.29 is 4.39 Å². The van der Waals surface area contributed by atoms with Crippen molar-refractivity contribution in [2.24, 2.45) is 0 Å². The zero-order chi connectivity index (χ0) is 7.44. The van der Waals surface area contributed by atoms with E-state index < -0.39 is 5.50 Å². The maximum absolute atomic E-state index is 12.1. The summed E-state index contributed by atoms with van der Waals surface area (Å²) in [5, 5.41) is 7.38. The van der Waals surface area contributed by atoms with Gasteiger partial charge in [0.2, 0.25) is 0 Å². The van der Waals surface area contributed by atoms with Crippen molar-refractivity contribution in [2.45, 2.75) is 12.4 Å². The van der Waals surface area contributed by atoms with Gasteiger partial charge in [-0.1, -0.05) is 11.8 Å². The molecule has 0 amide bonds. The lowest BCUT2D eigenvalue weighted by Crippen LogP contribution is -2.18. The van der Waals surface area contributed by atoms with Crippen molar-refractivity contribution in [3.05, 3.63) is 0 Å². The van der Waals surface area contributed by atoms with Gasteiger partial charge in [0.1, 0.15) is 5.50 Å². The summed E-state index contributed by atoms with van der Waals surface area (Å²) in [4.78, 5) is 1.57. The smallest absolute Gasteiger partial charge is 0.158 e. The zero-order valence-corrected chi connectivity index (χ0v) is 6.63. The highest BCUT2D eigenvalue weighted by Crippen LogP contribution is 2.12. The minimum atomic E-state index is -0.986. The molecule has 0 aromatic rings. The molecule has 0 radical (unpaired) electrons. The molecule has 1 N–H and O–H groups in total. The first-order chi connectivity index (χ1) is 4.04. The van der Waals surface area contributed by atoms with Gasteiger partial charge >= 0.3 is 0 Å². The molecular formula is C5H11FN2S. The Hall–Kier alpha value is -0.250. The molecule has 0 aliphatic heterocycles. The highest BCUT2D eigenvalue weighted by atomic mass is 32.2. The van der Waals surface area contributed by atoms with Crippen LogP contribution in [-0.4, -0.2) is 29.7 Å². The van der Waals surface area contributed by atoms with Crippen LogP contribution in [0.5, 0.6) is 0 Å². The molecule has 1 atom stereocenters. The van der Waals surface area contributed by atoms with E-state index in [1.165, 1.54) is 6.92 Å². The highest BCUT2D eigenvalue weighted by molar-refractivity contribution is 8.14. The maximum atomic E-state index is 12.1. The van der Waals surface area contributed by atoms with Gasteiger partial charge in [-0.2, -0.15) is 0 Å². The Bertz CT molecular complexity index is 103. The molecule has 0 aliphatic rings. The summed E-state index contributed by atoms with van der Waals surface area (Å²) in [6, 6.07) is 0. The fourth-order valence-electron chi connectivity index (χ4n) is 0.259. The summed E-state index contributed by atoms with van der Waals surface area (Å²) in [5.74, 6) is 0. The molecule has 1 unspecified atom stereocenters. The molecule has 0 heterocycles. The zero-order valence-electron chi connectivity index (χ0n) is 5.81. The molecule has 2 nitrogen and oxygen atoms in total. The molecule has 54 valence electrons. The molecule has 0 aliphatic carbocycles. The van der Waals surface area contributed by atoms with Crippen LogP contribution in [0.15, 0.2) is 0 Å². The average Bonchev–Trinajstić information content (AvgIpc) is 1.63. The highest BCUT2D eigenvalue weighted by Gasteiger charge is 2.04. The second-order valence-corrected chi connectivity index (χ2v) is 3.13. The number of rotatable bonds is 1. The van der Waals surface area contributed by atoms with E-state index in [1.54, 1.807) is 19.0 Å². The van der Waals surface area contributed by atoms with Gasteiger partial charge in [0.25, 0.3) is 0 Å². The molecule has 0 saturated carbocycles. The van der Waals surface area contributed by atoms with Crippen molar-refractivity contribution in [2.75, 3.05) is 14.1 Å². The van der Waals surface area contributed by atoms with E-state index >= 15 is 0 Å². The molecule has 0 saturated heterocycles. The Balaban J connectivity index is 3.51. The van der Waals surface area contributed by atoms with E-state index in [0.717, 1.165) is 11.8 Å². The monoisotopic (exact) mass is 150 g/mol. The normalized spacial score (nSPS) is 12.9. The number of halogens is 1. The van der Waals surface area contributed by atoms with Crippen molar-refractivity contribution in [3.8, 4) is 0 Å². The molecule has 9 heavy (non-hydrogen) atoms. The summed E-state index contributed by atoms with van der Waals surface area (Å²) in [7, 11) is 3.44. The van der Waals surface area contributed by atoms with Gasteiger partial charge in [0.05, 0.1) is 0 Å². The minimum Gasteiger partial charge on any atom is -0.358 e. The largest absolute Gasteiger partial charge is 0.358 e. The van der Waals surface area contributed by atoms with E-state index in [4.69, 9.17) is 5.41 Å². The summed E-state index contributed by atoms with van der Waals surface area (Å²) in [6.45, 7) is 1.42. The third kappa shape index (κ3) is 4.27. The second-order valence-electron chi connectivity index (χ2n) is 1.86. The Morgan fingerprint density at radius 2 is 2.11 bits per heavy atom. The molecule has 0 bridgehead atoms. The third-order valence-corrected chi connectivity index (χ3v) is 1.59. The first-order valence-electron chi connectivity index (χ1n) is 2.60. The molecule has 0 aromatic heterocycles. The predicted molar refractivity (Wildman–Crippen MR) is 39.6 cm³/mol. The first-order valence-corrected chi connectivity index (χ1v) is 3.48. The minimum absolute atomic E-state index is 0.255. The number of thioether (sulfide) groups is 1. The average molecular weight is 150 g/mol. The standard InChI is InChI=1S/C5H11FN2S/c1-4(6)9-5(7)8(2)3/h4,7H,1-3H3. The van der Waals surface area contributed by atoms with Gasteiger partial charge in [0, 0.05) is 14.1 Å². The van der Waals surface area contributed by atoms with Crippen LogP contribution in [0, 0.1) is 5.41 Å². The lowest BCUT2D eigenvalue weighted by Gasteiger charge is -2.12. The molecular weight excluding hydrogens is 139 g/mol. The van der Waals surface area contributed by atoms with E-state index in [9.17, 15) is 4.39 Å². The van der Waals surface area contributed by atoms with Gasteiger partial charge in [-0.15, -0.1) is 0 Å². The Labute approximate surface area is 58.9 Å². The van der Waals surface area contributed by atoms with Crippen LogP contribution in [-0.2, 0) is 0 Å². The van der Waals surface area contributed by atoms with Crippen molar-refractivity contribution in [1.82, 2.24) is 4.90 Å². The molecule has 0 fully saturated rings. The first kappa shape index (κ1) is 8.75. The fraction of sp³-hybridized carbons (Fsp3) is 0.800. The van der Waals surface area contributed by atoms with Gasteiger partial charge in [-0.25, -0.2) is 4.39 Å². The van der Waals surface area contributed by atoms with Gasteiger partial charge in [-0.05, 0) is 6.92 Å². The maximum Gasteiger partial charge on any atom is 0.158 e. The van der Waals surface area contributed by atoms with Crippen LogP contribution in [0.2, 0.25) is 0 Å². The number of amidine groups is 1. The van der Waals surface area contributed by atoms with E-state index in [-0.39, 0.29) is 5.17 Å². The summed E-state index contributed by atoms with van der Waals surface area (Å²) >= 11 is 0.905. The Morgan fingerprint density at radius 1 is 1.67 bits per heavy atom. The summed E-state index contributed by atoms with van der Waals surface area (Å²) in [5.41, 5.74) is -0.986.